The number of ketones is 1. The van der Waals surface area contributed by atoms with E-state index in [0.717, 1.165) is 0 Å². The third-order valence-corrected chi connectivity index (χ3v) is 6.15. The van der Waals surface area contributed by atoms with Gasteiger partial charge in [0.1, 0.15) is 6.02 Å². The van der Waals surface area contributed by atoms with E-state index in [1.807, 2.05) is 5.32 Å². The van der Waals surface area contributed by atoms with Crippen molar-refractivity contribution in [2.24, 2.45) is 39.6 Å². The van der Waals surface area contributed by atoms with Crippen molar-refractivity contribution >= 4 is 29.5 Å². The van der Waals surface area contributed by atoms with Gasteiger partial charge in [0.2, 0.25) is 17.7 Å². The molecule has 0 unspecified atom stereocenters. The lowest BCUT2D eigenvalue weighted by Gasteiger charge is -2.24. The number of Topliss-reactive ketones (excluding diaryl/α,β-unsaturated/α-hetero) is 1. The molecule has 12 heteroatoms. The highest BCUT2D eigenvalue weighted by molar-refractivity contribution is 5.94. The number of aliphatic imine (C=N–C) groups is 1. The Balaban J connectivity index is 2.62. The van der Waals surface area contributed by atoms with Gasteiger partial charge >= 0.3 is 0 Å². The molecule has 4 atom stereocenters. The Morgan fingerprint density at radius 3 is 2.23 bits per heavy atom. The number of rotatable bonds is 20. The number of amides is 3. The van der Waals surface area contributed by atoms with E-state index in [9.17, 15) is 19.2 Å². The predicted molar refractivity (Wildman–Crippen MR) is 167 cm³/mol. The molecule has 2 rings (SSSR count). The van der Waals surface area contributed by atoms with Gasteiger partial charge in [-0.2, -0.15) is 0 Å². The highest BCUT2D eigenvalue weighted by Crippen LogP contribution is 2.17. The molecule has 0 heterocycles. The fourth-order valence-electron chi connectivity index (χ4n) is 3.96. The van der Waals surface area contributed by atoms with Gasteiger partial charge in [-0.25, -0.2) is 0 Å². The van der Waals surface area contributed by atoms with Crippen molar-refractivity contribution in [3.8, 4) is 0 Å². The maximum absolute atomic E-state index is 14.0. The lowest BCUT2D eigenvalue weighted by molar-refractivity contribution is -0.133. The molecule has 0 aromatic heterocycles. The van der Waals surface area contributed by atoms with Gasteiger partial charge in [0.05, 0.1) is 20.3 Å². The SMILES string of the molecule is [2H]c1c([2H])c([2H])c(C([2H])([2H])[C@H](CC(=O)[C@@H](CCCN=C(N)N)NC(=O)[C@@H](N)Cc2ccccc2)C(=O)N[C@@]([2H])(CCCC([2H])([2H])N)C(N)=O)c([2H])c1[2H]. The summed E-state index contributed by atoms with van der Waals surface area (Å²) in [5.41, 5.74) is 27.4. The lowest BCUT2D eigenvalue weighted by Crippen LogP contribution is -2.51. The quantitative estimate of drug-likeness (QED) is 0.0616. The van der Waals surface area contributed by atoms with Gasteiger partial charge in [-0.05, 0) is 62.5 Å². The molecule has 0 aliphatic rings. The second kappa shape index (κ2) is 19.0. The molecular formula is C31H46N8O4. The maximum Gasteiger partial charge on any atom is 0.239 e. The predicted octanol–water partition coefficient (Wildman–Crippen LogP) is 0.0120. The number of primary amides is 1. The second-order valence-corrected chi connectivity index (χ2v) is 9.56. The number of nitrogens with one attached hydrogen (secondary N) is 2. The Bertz CT molecular complexity index is 1650. The molecular weight excluding hydrogens is 548 g/mol. The maximum atomic E-state index is 14.0. The zero-order chi connectivity index (χ0) is 40.5. The minimum absolute atomic E-state index is 0.00588. The summed E-state index contributed by atoms with van der Waals surface area (Å²) in [6.45, 7) is -2.20. The molecule has 2 aromatic rings. The van der Waals surface area contributed by atoms with Crippen LogP contribution in [-0.4, -0.2) is 60.6 Å². The van der Waals surface area contributed by atoms with Crippen LogP contribution in [0.15, 0.2) is 65.5 Å². The van der Waals surface area contributed by atoms with Gasteiger partial charge < -0.3 is 39.3 Å². The van der Waals surface area contributed by atoms with E-state index in [1.54, 1.807) is 30.3 Å². The van der Waals surface area contributed by atoms with Crippen LogP contribution in [0.25, 0.3) is 0 Å². The van der Waals surface area contributed by atoms with Crippen LogP contribution in [0.2, 0.25) is 0 Å². The molecule has 12 N–H and O–H groups in total. The van der Waals surface area contributed by atoms with Gasteiger partial charge in [0, 0.05) is 24.4 Å². The van der Waals surface area contributed by atoms with Crippen LogP contribution >= 0.6 is 0 Å². The summed E-state index contributed by atoms with van der Waals surface area (Å²) < 4.78 is 82.4. The van der Waals surface area contributed by atoms with Gasteiger partial charge in [0.25, 0.3) is 0 Å². The number of carbonyl (C=O) groups excluding carboxylic acids is 4. The Hall–Kier alpha value is -4.29. The van der Waals surface area contributed by atoms with Crippen molar-refractivity contribution in [1.82, 2.24) is 10.6 Å². The summed E-state index contributed by atoms with van der Waals surface area (Å²) >= 11 is 0. The minimum atomic E-state index is -3.25. The van der Waals surface area contributed by atoms with E-state index >= 15 is 0 Å². The van der Waals surface area contributed by atoms with E-state index in [0.29, 0.717) is 5.56 Å². The van der Waals surface area contributed by atoms with Crippen molar-refractivity contribution in [1.29, 1.82) is 0 Å². The Morgan fingerprint density at radius 2 is 1.60 bits per heavy atom. The molecule has 0 aliphatic carbocycles. The van der Waals surface area contributed by atoms with Crippen molar-refractivity contribution in [3.05, 3.63) is 71.7 Å². The summed E-state index contributed by atoms with van der Waals surface area (Å²) in [5, 5.41) is 4.54. The molecule has 234 valence electrons. The number of benzene rings is 2. The normalized spacial score (nSPS) is 18.4. The molecule has 2 aromatic carbocycles. The smallest absolute Gasteiger partial charge is 0.239 e. The van der Waals surface area contributed by atoms with E-state index in [1.165, 1.54) is 0 Å². The molecule has 0 bridgehead atoms. The number of guanidine groups is 1. The standard InChI is InChI=1S/C31H46N8O4/c32-16-8-7-14-26(28(34)41)39-29(42)23(18-21-10-3-1-4-11-21)20-27(40)25(15-9-17-37-31(35)36)38-30(43)24(33)19-22-12-5-2-6-13-22/h1-6,10-13,23-26H,7-9,14-20,32-33H2,(H2,34,41)(H,38,43)(H,39,42)(H4,35,36,37)/t23-,24+,25-,26+/m1/s1/i1D,3D,4D,10D,11D,16D2,18D2,26D. The fraction of sp³-hybridized carbons (Fsp3) is 0.452. The molecule has 0 aliphatic heterocycles. The number of nitrogens with two attached hydrogens (primary N) is 5. The summed E-state index contributed by atoms with van der Waals surface area (Å²) in [5.74, 6) is -7.18. The average Bonchev–Trinajstić information content (AvgIpc) is 3.05. The summed E-state index contributed by atoms with van der Waals surface area (Å²) in [7, 11) is 0. The second-order valence-electron chi connectivity index (χ2n) is 9.56. The zero-order valence-electron chi connectivity index (χ0n) is 33.7. The number of hydrogen-bond donors (Lipinski definition) is 7. The summed E-state index contributed by atoms with van der Waals surface area (Å²) in [4.78, 5) is 57.6. The van der Waals surface area contributed by atoms with Crippen LogP contribution < -0.4 is 39.3 Å². The van der Waals surface area contributed by atoms with Crippen molar-refractivity contribution in [2.75, 3.05) is 13.0 Å². The molecule has 0 saturated heterocycles. The first-order valence-corrected chi connectivity index (χ1v) is 13.6. The summed E-state index contributed by atoms with van der Waals surface area (Å²) in [6.07, 6.45) is -5.52. The van der Waals surface area contributed by atoms with E-state index in [4.69, 9.17) is 42.4 Å². The largest absolute Gasteiger partial charge is 0.370 e. The molecule has 12 nitrogen and oxygen atoms in total. The van der Waals surface area contributed by atoms with E-state index < -0.39 is 109 Å². The van der Waals surface area contributed by atoms with Crippen molar-refractivity contribution in [2.45, 2.75) is 69.4 Å². The third-order valence-electron chi connectivity index (χ3n) is 6.15. The van der Waals surface area contributed by atoms with Crippen LogP contribution in [-0.2, 0) is 32.0 Å². The minimum Gasteiger partial charge on any atom is -0.370 e. The number of carbonyl (C=O) groups is 4. The van der Waals surface area contributed by atoms with Crippen LogP contribution in [0.4, 0.5) is 0 Å². The topological polar surface area (TPSA) is 235 Å². The van der Waals surface area contributed by atoms with E-state index in [2.05, 4.69) is 10.3 Å². The summed E-state index contributed by atoms with van der Waals surface area (Å²) in [6, 6.07) is -1.31. The molecule has 0 saturated carbocycles. The number of hydrogen-bond acceptors (Lipinski definition) is 7. The molecule has 0 radical (unpaired) electrons. The molecule has 0 spiro atoms. The monoisotopic (exact) mass is 604 g/mol. The highest BCUT2D eigenvalue weighted by atomic mass is 16.2. The first-order valence-electron chi connectivity index (χ1n) is 18.6. The van der Waals surface area contributed by atoms with Crippen LogP contribution in [0, 0.1) is 5.92 Å². The Morgan fingerprint density at radius 1 is 0.907 bits per heavy atom. The Kier molecular flexibility index (Phi) is 9.85. The van der Waals surface area contributed by atoms with Gasteiger partial charge in [-0.3, -0.25) is 24.2 Å². The van der Waals surface area contributed by atoms with Crippen LogP contribution in [0.5, 0.6) is 0 Å². The Labute approximate surface area is 267 Å². The van der Waals surface area contributed by atoms with Gasteiger partial charge in [0.15, 0.2) is 11.7 Å². The lowest BCUT2D eigenvalue weighted by atomic mass is 9.89. The molecule has 3 amide bonds. The molecule has 43 heavy (non-hydrogen) atoms. The first-order chi connectivity index (χ1) is 24.4. The average molecular weight is 605 g/mol. The molecule has 0 fully saturated rings. The van der Waals surface area contributed by atoms with Crippen LogP contribution in [0.1, 0.15) is 63.4 Å². The van der Waals surface area contributed by atoms with Gasteiger partial charge in [-0.1, -0.05) is 60.5 Å². The van der Waals surface area contributed by atoms with Crippen molar-refractivity contribution < 1.29 is 32.9 Å². The highest BCUT2D eigenvalue weighted by Gasteiger charge is 2.30. The first kappa shape index (κ1) is 22.3. The zero-order valence-corrected chi connectivity index (χ0v) is 23.7. The van der Waals surface area contributed by atoms with Crippen LogP contribution in [0.3, 0.4) is 0 Å². The van der Waals surface area contributed by atoms with Crippen molar-refractivity contribution in [3.63, 3.8) is 0 Å². The van der Waals surface area contributed by atoms with E-state index in [-0.39, 0.29) is 44.6 Å². The fourth-order valence-corrected chi connectivity index (χ4v) is 3.96. The number of nitrogens with zero attached hydrogens (tertiary/aromatic N) is 1. The third kappa shape index (κ3) is 13.5. The van der Waals surface area contributed by atoms with Gasteiger partial charge in [-0.15, -0.1) is 0 Å².